The summed E-state index contributed by atoms with van der Waals surface area (Å²) in [5.74, 6) is 2.34. The number of hydrogen-bond donors (Lipinski definition) is 2. The fourth-order valence-corrected chi connectivity index (χ4v) is 3.16. The van der Waals surface area contributed by atoms with Crippen LogP contribution in [0.3, 0.4) is 0 Å². The topological polar surface area (TPSA) is 58.6 Å². The summed E-state index contributed by atoms with van der Waals surface area (Å²) in [6.07, 6.45) is 5.45. The molecular weight excluding hydrogens is 328 g/mol. The number of ether oxygens (including phenoxy) is 2. The second kappa shape index (κ2) is 9.29. The Kier molecular flexibility index (Phi) is 6.55. The highest BCUT2D eigenvalue weighted by Crippen LogP contribution is 2.31. The van der Waals surface area contributed by atoms with Crippen LogP contribution in [0, 0.1) is 0 Å². The normalized spacial score (nSPS) is 14.2. The van der Waals surface area contributed by atoms with E-state index < -0.39 is 0 Å². The Morgan fingerprint density at radius 2 is 1.88 bits per heavy atom. The van der Waals surface area contributed by atoms with Gasteiger partial charge in [0.15, 0.2) is 11.5 Å². The van der Waals surface area contributed by atoms with Gasteiger partial charge in [-0.05, 0) is 50.6 Å². The Morgan fingerprint density at radius 1 is 1.08 bits per heavy atom. The third-order valence-corrected chi connectivity index (χ3v) is 4.54. The van der Waals surface area contributed by atoms with Crippen molar-refractivity contribution in [1.29, 1.82) is 0 Å². The number of hydrogen-bond acceptors (Lipinski definition) is 6. The highest BCUT2D eigenvalue weighted by atomic mass is 16.5. The summed E-state index contributed by atoms with van der Waals surface area (Å²) in [5.41, 5.74) is 1.92. The van der Waals surface area contributed by atoms with Gasteiger partial charge in [0.2, 0.25) is 0 Å². The number of nitrogens with zero attached hydrogens (tertiary/aromatic N) is 2. The highest BCUT2D eigenvalue weighted by molar-refractivity contribution is 5.65. The molecule has 0 radical (unpaired) electrons. The number of benzene rings is 1. The minimum Gasteiger partial charge on any atom is -0.493 e. The van der Waals surface area contributed by atoms with Crippen LogP contribution in [-0.4, -0.2) is 50.3 Å². The Labute approximate surface area is 155 Å². The number of pyridine rings is 1. The molecule has 1 aromatic heterocycles. The molecule has 26 heavy (non-hydrogen) atoms. The Hall–Kier alpha value is -2.47. The molecule has 1 saturated heterocycles. The van der Waals surface area contributed by atoms with E-state index in [4.69, 9.17) is 9.47 Å². The van der Waals surface area contributed by atoms with E-state index >= 15 is 0 Å². The van der Waals surface area contributed by atoms with E-state index in [-0.39, 0.29) is 0 Å². The Bertz CT molecular complexity index is 702. The lowest BCUT2D eigenvalue weighted by atomic mass is 10.2. The number of aromatic nitrogens is 1. The molecule has 0 unspecified atom stereocenters. The van der Waals surface area contributed by atoms with Gasteiger partial charge in [0.25, 0.3) is 0 Å². The quantitative estimate of drug-likeness (QED) is 0.668. The van der Waals surface area contributed by atoms with E-state index in [1.807, 2.05) is 37.4 Å². The minimum atomic E-state index is 0.690. The lowest BCUT2D eigenvalue weighted by Crippen LogP contribution is -2.21. The molecule has 3 rings (SSSR count). The zero-order valence-corrected chi connectivity index (χ0v) is 15.6. The van der Waals surface area contributed by atoms with Gasteiger partial charge in [-0.3, -0.25) is 0 Å². The van der Waals surface area contributed by atoms with Crippen LogP contribution in [0.1, 0.15) is 19.3 Å². The van der Waals surface area contributed by atoms with Crippen molar-refractivity contribution in [3.8, 4) is 11.5 Å². The average molecular weight is 356 g/mol. The highest BCUT2D eigenvalue weighted by Gasteiger charge is 2.11. The van der Waals surface area contributed by atoms with Gasteiger partial charge in [-0.25, -0.2) is 4.98 Å². The molecule has 140 valence electrons. The predicted octanol–water partition coefficient (Wildman–Crippen LogP) is 3.74. The summed E-state index contributed by atoms with van der Waals surface area (Å²) < 4.78 is 11.4. The zero-order valence-electron chi connectivity index (χ0n) is 15.6. The van der Waals surface area contributed by atoms with Crippen LogP contribution in [-0.2, 0) is 0 Å². The van der Waals surface area contributed by atoms with Crippen LogP contribution in [0.5, 0.6) is 11.5 Å². The molecule has 6 nitrogen and oxygen atoms in total. The molecule has 2 N–H and O–H groups in total. The van der Waals surface area contributed by atoms with Crippen molar-refractivity contribution < 1.29 is 9.47 Å². The molecule has 1 aromatic carbocycles. The second-order valence-corrected chi connectivity index (χ2v) is 6.42. The zero-order chi connectivity index (χ0) is 18.2. The number of nitrogens with one attached hydrogen (secondary N) is 2. The summed E-state index contributed by atoms with van der Waals surface area (Å²) >= 11 is 0. The molecule has 6 heteroatoms. The van der Waals surface area contributed by atoms with E-state index in [9.17, 15) is 0 Å². The van der Waals surface area contributed by atoms with Crippen LogP contribution in [0.4, 0.5) is 17.2 Å². The molecule has 1 aliphatic rings. The first kappa shape index (κ1) is 18.3. The van der Waals surface area contributed by atoms with Crippen molar-refractivity contribution in [1.82, 2.24) is 9.88 Å². The summed E-state index contributed by atoms with van der Waals surface area (Å²) in [7, 11) is 3.52. The van der Waals surface area contributed by atoms with Gasteiger partial charge in [-0.15, -0.1) is 0 Å². The van der Waals surface area contributed by atoms with Gasteiger partial charge in [-0.2, -0.15) is 0 Å². The first-order valence-corrected chi connectivity index (χ1v) is 9.22. The van der Waals surface area contributed by atoms with Crippen molar-refractivity contribution in [3.05, 3.63) is 36.5 Å². The maximum absolute atomic E-state index is 5.99. The smallest absolute Gasteiger partial charge is 0.163 e. The monoisotopic (exact) mass is 356 g/mol. The second-order valence-electron chi connectivity index (χ2n) is 6.42. The van der Waals surface area contributed by atoms with Gasteiger partial charge in [0.05, 0.1) is 13.7 Å². The molecule has 2 aromatic rings. The molecule has 0 bridgehead atoms. The first-order valence-electron chi connectivity index (χ1n) is 9.22. The Balaban J connectivity index is 1.59. The van der Waals surface area contributed by atoms with Gasteiger partial charge in [0.1, 0.15) is 5.82 Å². The molecule has 0 aliphatic carbocycles. The summed E-state index contributed by atoms with van der Waals surface area (Å²) in [4.78, 5) is 6.73. The minimum absolute atomic E-state index is 0.690. The van der Waals surface area contributed by atoms with E-state index in [1.54, 1.807) is 13.3 Å². The van der Waals surface area contributed by atoms with E-state index in [0.717, 1.165) is 41.7 Å². The van der Waals surface area contributed by atoms with Crippen LogP contribution >= 0.6 is 0 Å². The maximum atomic E-state index is 5.99. The lowest BCUT2D eigenvalue weighted by Gasteiger charge is -2.16. The summed E-state index contributed by atoms with van der Waals surface area (Å²) in [5, 5.41) is 6.42. The lowest BCUT2D eigenvalue weighted by molar-refractivity contribution is 0.254. The average Bonchev–Trinajstić information content (AvgIpc) is 3.19. The first-order chi connectivity index (χ1) is 12.8. The summed E-state index contributed by atoms with van der Waals surface area (Å²) in [6, 6.07) is 9.78. The van der Waals surface area contributed by atoms with Crippen molar-refractivity contribution in [2.24, 2.45) is 0 Å². The molecule has 1 fully saturated rings. The van der Waals surface area contributed by atoms with Gasteiger partial charge in [0, 0.05) is 43.3 Å². The van der Waals surface area contributed by atoms with Crippen LogP contribution in [0.15, 0.2) is 36.5 Å². The van der Waals surface area contributed by atoms with Gasteiger partial charge >= 0.3 is 0 Å². The third-order valence-electron chi connectivity index (χ3n) is 4.54. The number of anilines is 3. The molecule has 0 atom stereocenters. The van der Waals surface area contributed by atoms with Crippen molar-refractivity contribution in [2.45, 2.75) is 19.3 Å². The van der Waals surface area contributed by atoms with Crippen molar-refractivity contribution >= 4 is 17.2 Å². The van der Waals surface area contributed by atoms with Crippen LogP contribution in [0.2, 0.25) is 0 Å². The van der Waals surface area contributed by atoms with E-state index in [1.165, 1.54) is 25.9 Å². The molecule has 1 aliphatic heterocycles. The van der Waals surface area contributed by atoms with Crippen molar-refractivity contribution in [3.63, 3.8) is 0 Å². The number of methoxy groups -OCH3 is 1. The van der Waals surface area contributed by atoms with Gasteiger partial charge < -0.3 is 25.0 Å². The fourth-order valence-electron chi connectivity index (χ4n) is 3.16. The number of likely N-dealkylation sites (tertiary alicyclic amines) is 1. The van der Waals surface area contributed by atoms with Crippen LogP contribution in [0.25, 0.3) is 0 Å². The molecule has 0 spiro atoms. The SMILES string of the molecule is CNc1cc(Nc2ccc(OC)c(OCCCN3CCCC3)c2)ccn1. The molecule has 2 heterocycles. The van der Waals surface area contributed by atoms with Crippen molar-refractivity contribution in [2.75, 3.05) is 51.0 Å². The predicted molar refractivity (Wildman–Crippen MR) is 106 cm³/mol. The fraction of sp³-hybridized carbons (Fsp3) is 0.450. The standard InChI is InChI=1S/C20H28N4O2/c1-21-20-15-17(8-9-22-20)23-16-6-7-18(25-2)19(14-16)26-13-5-12-24-10-3-4-11-24/h6-9,14-15H,3-5,10-13H2,1-2H3,(H2,21,22,23). The number of rotatable bonds is 9. The van der Waals surface area contributed by atoms with E-state index in [2.05, 4.69) is 20.5 Å². The molecule has 0 saturated carbocycles. The molecular formula is C20H28N4O2. The Morgan fingerprint density at radius 3 is 2.65 bits per heavy atom. The largest absolute Gasteiger partial charge is 0.493 e. The van der Waals surface area contributed by atoms with E-state index in [0.29, 0.717) is 6.61 Å². The van der Waals surface area contributed by atoms with Gasteiger partial charge in [-0.1, -0.05) is 0 Å². The third kappa shape index (κ3) is 5.02. The maximum Gasteiger partial charge on any atom is 0.163 e. The molecule has 0 amide bonds. The van der Waals surface area contributed by atoms with Crippen LogP contribution < -0.4 is 20.1 Å². The summed E-state index contributed by atoms with van der Waals surface area (Å²) in [6.45, 7) is 4.24.